The van der Waals surface area contributed by atoms with Gasteiger partial charge in [-0.3, -0.25) is 4.79 Å². The van der Waals surface area contributed by atoms with Crippen molar-refractivity contribution < 1.29 is 20.2 Å². The van der Waals surface area contributed by atoms with E-state index in [1.807, 2.05) is 0 Å². The van der Waals surface area contributed by atoms with E-state index in [1.54, 1.807) is 32.2 Å². The largest absolute Gasteiger partial charge is 0.631 e. The number of pyridine rings is 1. The fourth-order valence-electron chi connectivity index (χ4n) is 0.377. The lowest BCUT2D eigenvalue weighted by Gasteiger charge is -1.80. The molecule has 0 unspecified atom stereocenters. The van der Waals surface area contributed by atoms with Gasteiger partial charge in [-0.15, -0.1) is 0 Å². The predicted molar refractivity (Wildman–Crippen MR) is 56.8 cm³/mol. The second-order valence-corrected chi connectivity index (χ2v) is 2.67. The van der Waals surface area contributed by atoms with E-state index in [9.17, 15) is 4.79 Å². The first-order valence-corrected chi connectivity index (χ1v) is 4.22. The summed E-state index contributed by atoms with van der Waals surface area (Å²) >= 11 is 0. The number of aromatic nitrogens is 1. The van der Waals surface area contributed by atoms with Gasteiger partial charge >= 0.3 is 7.32 Å². The van der Waals surface area contributed by atoms with Crippen molar-refractivity contribution in [1.82, 2.24) is 4.98 Å². The van der Waals surface area contributed by atoms with Gasteiger partial charge in [0.2, 0.25) is 5.56 Å². The highest BCUT2D eigenvalue weighted by Crippen LogP contribution is 1.67. The zero-order valence-corrected chi connectivity index (χ0v) is 8.66. The Hall–Kier alpha value is -1.15. The van der Waals surface area contributed by atoms with Crippen molar-refractivity contribution in [2.24, 2.45) is 0 Å². The smallest absolute Gasteiger partial charge is 0.402 e. The van der Waals surface area contributed by atoms with Crippen LogP contribution in [0.2, 0.25) is 0 Å². The quantitative estimate of drug-likeness (QED) is 0.347. The molecule has 1 heterocycles. The monoisotopic (exact) mass is 217 g/mol. The number of hydrogen-bond acceptors (Lipinski definition) is 5. The third-order valence-corrected chi connectivity index (χ3v) is 0.681. The number of aromatic amines is 1. The number of nitrogens with one attached hydrogen (secondary N) is 1. The van der Waals surface area contributed by atoms with Gasteiger partial charge in [0, 0.05) is 18.4 Å². The molecule has 0 atom stereocenters. The molecule has 0 fully saturated rings. The van der Waals surface area contributed by atoms with Crippen LogP contribution in [0.5, 0.6) is 0 Å². The van der Waals surface area contributed by atoms with Gasteiger partial charge in [-0.1, -0.05) is 6.07 Å². The maximum absolute atomic E-state index is 10.2. The zero-order valence-electron chi connectivity index (χ0n) is 8.66. The van der Waals surface area contributed by atoms with E-state index in [1.165, 1.54) is 6.07 Å². The number of aliphatic hydroxyl groups excluding tert-OH is 1. The summed E-state index contributed by atoms with van der Waals surface area (Å²) in [6, 6.07) is 4.93. The summed E-state index contributed by atoms with van der Waals surface area (Å²) in [7, 11) is -2.17. The molecule has 0 aliphatic heterocycles. The van der Waals surface area contributed by atoms with Gasteiger partial charge in [0.1, 0.15) is 0 Å². The predicted octanol–water partition coefficient (Wildman–Crippen LogP) is -1.29. The Kier molecular flexibility index (Phi) is 11.9. The van der Waals surface area contributed by atoms with Crippen LogP contribution in [0.25, 0.3) is 0 Å². The van der Waals surface area contributed by atoms with Crippen molar-refractivity contribution >= 4 is 7.32 Å². The van der Waals surface area contributed by atoms with Gasteiger partial charge in [-0.2, -0.15) is 0 Å². The molecule has 7 heteroatoms. The Bertz CT molecular complexity index is 247. The molecule has 1 aromatic rings. The third-order valence-electron chi connectivity index (χ3n) is 0.681. The van der Waals surface area contributed by atoms with Gasteiger partial charge in [-0.25, -0.2) is 0 Å². The summed E-state index contributed by atoms with van der Waals surface area (Å²) in [5.41, 5.74) is -0.0532. The topological polar surface area (TPSA) is 114 Å². The Morgan fingerprint density at radius 3 is 1.80 bits per heavy atom. The molecular weight excluding hydrogens is 201 g/mol. The number of H-pyrrole nitrogens is 1. The molecule has 1 aromatic heterocycles. The summed E-state index contributed by atoms with van der Waals surface area (Å²) in [5, 5.41) is 29.6. The van der Waals surface area contributed by atoms with Crippen LogP contribution in [0.15, 0.2) is 29.2 Å². The van der Waals surface area contributed by atoms with Crippen LogP contribution in [-0.2, 0) is 0 Å². The fourth-order valence-corrected chi connectivity index (χ4v) is 0.377. The van der Waals surface area contributed by atoms with E-state index in [-0.39, 0.29) is 11.7 Å². The molecule has 0 aliphatic carbocycles. The van der Waals surface area contributed by atoms with Crippen molar-refractivity contribution in [2.75, 3.05) is 0 Å². The molecule has 15 heavy (non-hydrogen) atoms. The fraction of sp³-hybridized carbons (Fsp3) is 0.375. The van der Waals surface area contributed by atoms with E-state index >= 15 is 0 Å². The SMILES string of the molecule is CC(C)O.O=c1cccc[nH]1.OB(O)O. The average molecular weight is 217 g/mol. The molecule has 6 nitrogen and oxygen atoms in total. The summed E-state index contributed by atoms with van der Waals surface area (Å²) in [5.74, 6) is 0. The maximum atomic E-state index is 10.2. The van der Waals surface area contributed by atoms with Crippen molar-refractivity contribution in [3.8, 4) is 0 Å². The van der Waals surface area contributed by atoms with E-state index in [0.717, 1.165) is 0 Å². The van der Waals surface area contributed by atoms with Crippen LogP contribution in [0.4, 0.5) is 0 Å². The third kappa shape index (κ3) is 32.2. The lowest BCUT2D eigenvalue weighted by molar-refractivity contribution is 0.216. The Labute approximate surface area is 88.0 Å². The summed E-state index contributed by atoms with van der Waals surface area (Å²) < 4.78 is 0. The van der Waals surface area contributed by atoms with Crippen LogP contribution < -0.4 is 5.56 Å². The first-order chi connectivity index (χ1) is 6.86. The molecule has 0 amide bonds. The first kappa shape index (κ1) is 16.3. The van der Waals surface area contributed by atoms with E-state index in [0.29, 0.717) is 0 Å². The highest BCUT2D eigenvalue weighted by atomic mass is 16.5. The van der Waals surface area contributed by atoms with Gasteiger partial charge in [-0.05, 0) is 19.9 Å². The molecule has 0 aromatic carbocycles. The lowest BCUT2D eigenvalue weighted by Crippen LogP contribution is -2.07. The average Bonchev–Trinajstić information content (AvgIpc) is 2.03. The van der Waals surface area contributed by atoms with Gasteiger partial charge in [0.25, 0.3) is 0 Å². The molecule has 1 rings (SSSR count). The molecular formula is C8H16BNO5. The maximum Gasteiger partial charge on any atom is 0.631 e. The summed E-state index contributed by atoms with van der Waals surface area (Å²) in [6.07, 6.45) is 1.43. The zero-order chi connectivity index (χ0) is 12.3. The Balaban J connectivity index is 0. The molecule has 86 valence electrons. The number of aliphatic hydroxyl groups is 1. The highest BCUT2D eigenvalue weighted by molar-refractivity contribution is 6.30. The molecule has 0 bridgehead atoms. The highest BCUT2D eigenvalue weighted by Gasteiger charge is 1.92. The minimum Gasteiger partial charge on any atom is -0.402 e. The second kappa shape index (κ2) is 10.9. The minimum atomic E-state index is -2.17. The molecule has 0 saturated heterocycles. The number of rotatable bonds is 0. The van der Waals surface area contributed by atoms with E-state index in [4.69, 9.17) is 20.2 Å². The summed E-state index contributed by atoms with van der Waals surface area (Å²) in [4.78, 5) is 12.7. The van der Waals surface area contributed by atoms with Crippen molar-refractivity contribution in [2.45, 2.75) is 20.0 Å². The van der Waals surface area contributed by atoms with Crippen LogP contribution in [-0.4, -0.2) is 38.6 Å². The van der Waals surface area contributed by atoms with Gasteiger partial charge in [0.15, 0.2) is 0 Å². The van der Waals surface area contributed by atoms with Crippen molar-refractivity contribution in [3.05, 3.63) is 34.7 Å². The standard InChI is InChI=1S/C5H5NO.C3H8O.BH3O3/c7-5-3-1-2-4-6-5;1-3(2)4;2-1(3)4/h1-4H,(H,6,7);3-4H,1-2H3;2-4H. The van der Waals surface area contributed by atoms with Gasteiger partial charge < -0.3 is 25.2 Å². The van der Waals surface area contributed by atoms with Crippen LogP contribution in [0.3, 0.4) is 0 Å². The van der Waals surface area contributed by atoms with Crippen LogP contribution in [0.1, 0.15) is 13.8 Å². The Morgan fingerprint density at radius 2 is 1.67 bits per heavy atom. The number of hydrogen-bond donors (Lipinski definition) is 5. The second-order valence-electron chi connectivity index (χ2n) is 2.67. The molecule has 0 saturated carbocycles. The lowest BCUT2D eigenvalue weighted by atomic mass is 10.3. The molecule has 5 N–H and O–H groups in total. The molecule has 0 radical (unpaired) electrons. The molecule has 0 spiro atoms. The van der Waals surface area contributed by atoms with E-state index < -0.39 is 7.32 Å². The minimum absolute atomic E-state index is 0.0532. The van der Waals surface area contributed by atoms with E-state index in [2.05, 4.69) is 4.98 Å². The van der Waals surface area contributed by atoms with Crippen LogP contribution in [0, 0.1) is 0 Å². The normalized spacial score (nSPS) is 8.20. The van der Waals surface area contributed by atoms with Gasteiger partial charge in [0.05, 0.1) is 0 Å². The van der Waals surface area contributed by atoms with Crippen molar-refractivity contribution in [1.29, 1.82) is 0 Å². The summed E-state index contributed by atoms with van der Waals surface area (Å²) in [6.45, 7) is 3.44. The van der Waals surface area contributed by atoms with Crippen LogP contribution >= 0.6 is 0 Å². The Morgan fingerprint density at radius 1 is 1.27 bits per heavy atom. The molecule has 0 aliphatic rings. The first-order valence-electron chi connectivity index (χ1n) is 4.22. The van der Waals surface area contributed by atoms with Crippen molar-refractivity contribution in [3.63, 3.8) is 0 Å².